The molecule has 0 aliphatic rings. The van der Waals surface area contributed by atoms with E-state index in [1.165, 1.54) is 4.72 Å². The van der Waals surface area contributed by atoms with Gasteiger partial charge in [0.1, 0.15) is 6.54 Å². The van der Waals surface area contributed by atoms with Crippen LogP contribution in [0.1, 0.15) is 19.8 Å². The van der Waals surface area contributed by atoms with Crippen LogP contribution in [0.3, 0.4) is 0 Å². The van der Waals surface area contributed by atoms with E-state index >= 15 is 0 Å². The first kappa shape index (κ1) is 16.6. The maximum absolute atomic E-state index is 11.9. The molecule has 0 atom stereocenters. The smallest absolute Gasteiger partial charge is 0.329 e. The zero-order chi connectivity index (χ0) is 13.5. The predicted octanol–water partition coefficient (Wildman–Crippen LogP) is 0.444. The lowest BCUT2D eigenvalue weighted by atomic mass is 10.3. The maximum Gasteiger partial charge on any atom is 0.402 e. The minimum atomic E-state index is -4.56. The molecule has 0 rings (SSSR count). The molecule has 104 valence electrons. The second-order valence-electron chi connectivity index (χ2n) is 3.48. The molecule has 0 bridgehead atoms. The van der Waals surface area contributed by atoms with Gasteiger partial charge >= 0.3 is 6.18 Å². The van der Waals surface area contributed by atoms with E-state index in [-0.39, 0.29) is 19.6 Å². The molecule has 0 aliphatic carbocycles. The fourth-order valence-electron chi connectivity index (χ4n) is 1.09. The van der Waals surface area contributed by atoms with Gasteiger partial charge in [-0.3, -0.25) is 0 Å². The highest BCUT2D eigenvalue weighted by Crippen LogP contribution is 2.13. The molecule has 0 aromatic rings. The number of alkyl halides is 3. The Balaban J connectivity index is 4.49. The van der Waals surface area contributed by atoms with Crippen LogP contribution in [-0.4, -0.2) is 45.1 Å². The number of hydrogen-bond acceptors (Lipinski definition) is 3. The topological polar surface area (TPSA) is 75.4 Å². The van der Waals surface area contributed by atoms with Gasteiger partial charge < -0.3 is 5.73 Å². The number of halogens is 3. The van der Waals surface area contributed by atoms with Crippen LogP contribution in [0.15, 0.2) is 0 Å². The summed E-state index contributed by atoms with van der Waals surface area (Å²) in [6, 6.07) is 0. The van der Waals surface area contributed by atoms with Gasteiger partial charge in [0.05, 0.1) is 0 Å². The summed E-state index contributed by atoms with van der Waals surface area (Å²) in [6.45, 7) is 0.531. The molecule has 0 fully saturated rings. The Morgan fingerprint density at radius 1 is 1.29 bits per heavy atom. The average molecular weight is 277 g/mol. The van der Waals surface area contributed by atoms with Gasteiger partial charge in [0.2, 0.25) is 0 Å². The van der Waals surface area contributed by atoms with E-state index < -0.39 is 22.9 Å². The van der Waals surface area contributed by atoms with Crippen LogP contribution in [0.5, 0.6) is 0 Å². The van der Waals surface area contributed by atoms with E-state index in [4.69, 9.17) is 5.73 Å². The summed E-state index contributed by atoms with van der Waals surface area (Å²) in [6.07, 6.45) is -3.24. The molecular weight excluding hydrogens is 259 g/mol. The van der Waals surface area contributed by atoms with Crippen molar-refractivity contribution in [1.29, 1.82) is 0 Å². The molecule has 0 spiro atoms. The van der Waals surface area contributed by atoms with E-state index in [1.807, 2.05) is 6.92 Å². The van der Waals surface area contributed by atoms with Crippen LogP contribution in [0.25, 0.3) is 0 Å². The highest BCUT2D eigenvalue weighted by atomic mass is 32.2. The Morgan fingerprint density at radius 2 is 1.88 bits per heavy atom. The first-order chi connectivity index (χ1) is 7.73. The summed E-state index contributed by atoms with van der Waals surface area (Å²) in [5, 5.41) is 0. The third kappa shape index (κ3) is 7.53. The van der Waals surface area contributed by atoms with E-state index in [2.05, 4.69) is 0 Å². The first-order valence-corrected chi connectivity index (χ1v) is 6.68. The van der Waals surface area contributed by atoms with Gasteiger partial charge in [0.25, 0.3) is 10.2 Å². The maximum atomic E-state index is 11.9. The van der Waals surface area contributed by atoms with E-state index in [0.29, 0.717) is 6.42 Å². The zero-order valence-corrected chi connectivity index (χ0v) is 10.4. The molecule has 0 radical (unpaired) electrons. The highest BCUT2D eigenvalue weighted by molar-refractivity contribution is 7.87. The van der Waals surface area contributed by atoms with Crippen LogP contribution in [0.2, 0.25) is 0 Å². The highest BCUT2D eigenvalue weighted by Gasteiger charge is 2.31. The molecule has 0 aromatic heterocycles. The Kier molecular flexibility index (Phi) is 6.98. The molecule has 0 amide bonds. The number of nitrogens with two attached hydrogens (primary N) is 1. The lowest BCUT2D eigenvalue weighted by Gasteiger charge is -2.21. The fraction of sp³-hybridized carbons (Fsp3) is 1.00. The fourth-order valence-corrected chi connectivity index (χ4v) is 2.34. The van der Waals surface area contributed by atoms with Crippen LogP contribution in [0, 0.1) is 0 Å². The lowest BCUT2D eigenvalue weighted by Crippen LogP contribution is -2.46. The number of hydrogen-bond donors (Lipinski definition) is 2. The van der Waals surface area contributed by atoms with Gasteiger partial charge in [-0.15, -0.1) is 0 Å². The number of nitrogens with one attached hydrogen (secondary N) is 1. The van der Waals surface area contributed by atoms with Gasteiger partial charge in [-0.2, -0.15) is 30.6 Å². The van der Waals surface area contributed by atoms with Crippen molar-refractivity contribution in [1.82, 2.24) is 9.03 Å². The SMILES string of the molecule is CCCCN(CCN)S(=O)(=O)NCC(F)(F)F. The molecule has 0 heterocycles. The lowest BCUT2D eigenvalue weighted by molar-refractivity contribution is -0.121. The molecule has 0 unspecified atom stereocenters. The summed E-state index contributed by atoms with van der Waals surface area (Å²) in [5.74, 6) is 0. The second kappa shape index (κ2) is 7.14. The second-order valence-corrected chi connectivity index (χ2v) is 5.24. The van der Waals surface area contributed by atoms with Gasteiger partial charge in [-0.05, 0) is 6.42 Å². The zero-order valence-electron chi connectivity index (χ0n) is 9.63. The van der Waals surface area contributed by atoms with Gasteiger partial charge in [0, 0.05) is 19.6 Å². The van der Waals surface area contributed by atoms with Crippen molar-refractivity contribution < 1.29 is 21.6 Å². The van der Waals surface area contributed by atoms with Crippen LogP contribution in [0.4, 0.5) is 13.2 Å². The number of unbranched alkanes of at least 4 members (excludes halogenated alkanes) is 1. The van der Waals surface area contributed by atoms with Gasteiger partial charge in [-0.25, -0.2) is 0 Å². The van der Waals surface area contributed by atoms with Crippen molar-refractivity contribution in [2.75, 3.05) is 26.2 Å². The number of nitrogens with zero attached hydrogens (tertiary/aromatic N) is 1. The van der Waals surface area contributed by atoms with Crippen molar-refractivity contribution in [3.63, 3.8) is 0 Å². The van der Waals surface area contributed by atoms with E-state index in [9.17, 15) is 21.6 Å². The Bertz CT molecular complexity index is 306. The Hall–Kier alpha value is -0.380. The first-order valence-electron chi connectivity index (χ1n) is 5.24. The van der Waals surface area contributed by atoms with E-state index in [1.54, 1.807) is 0 Å². The predicted molar refractivity (Wildman–Crippen MR) is 58.5 cm³/mol. The summed E-state index contributed by atoms with van der Waals surface area (Å²) >= 11 is 0. The Morgan fingerprint density at radius 3 is 2.29 bits per heavy atom. The molecule has 5 nitrogen and oxygen atoms in total. The van der Waals surface area contributed by atoms with Crippen molar-refractivity contribution in [3.8, 4) is 0 Å². The quantitative estimate of drug-likeness (QED) is 0.676. The monoisotopic (exact) mass is 277 g/mol. The summed E-state index contributed by atoms with van der Waals surface area (Å²) in [7, 11) is -4.11. The van der Waals surface area contributed by atoms with Crippen molar-refractivity contribution in [3.05, 3.63) is 0 Å². The molecule has 9 heteroatoms. The standard InChI is InChI=1S/C8H18F3N3O2S/c1-2-3-5-14(6-4-12)17(15,16)13-7-8(9,10)11/h13H,2-7,12H2,1H3. The van der Waals surface area contributed by atoms with E-state index in [0.717, 1.165) is 10.7 Å². The molecule has 0 aliphatic heterocycles. The molecule has 0 saturated heterocycles. The largest absolute Gasteiger partial charge is 0.402 e. The molecule has 0 saturated carbocycles. The third-order valence-corrected chi connectivity index (χ3v) is 3.49. The van der Waals surface area contributed by atoms with Gasteiger partial charge in [-0.1, -0.05) is 13.3 Å². The third-order valence-electron chi connectivity index (χ3n) is 1.93. The van der Waals surface area contributed by atoms with Crippen molar-refractivity contribution in [2.45, 2.75) is 25.9 Å². The molecule has 17 heavy (non-hydrogen) atoms. The van der Waals surface area contributed by atoms with Crippen LogP contribution >= 0.6 is 0 Å². The molecule has 0 aromatic carbocycles. The van der Waals surface area contributed by atoms with Crippen LogP contribution < -0.4 is 10.5 Å². The van der Waals surface area contributed by atoms with Gasteiger partial charge in [0.15, 0.2) is 0 Å². The summed E-state index contributed by atoms with van der Waals surface area (Å²) < 4.78 is 61.3. The summed E-state index contributed by atoms with van der Waals surface area (Å²) in [5.41, 5.74) is 5.22. The summed E-state index contributed by atoms with van der Waals surface area (Å²) in [4.78, 5) is 0. The van der Waals surface area contributed by atoms with Crippen LogP contribution in [-0.2, 0) is 10.2 Å². The van der Waals surface area contributed by atoms with Crippen molar-refractivity contribution in [2.24, 2.45) is 5.73 Å². The minimum absolute atomic E-state index is 0.00713. The Labute approximate surface area is 99.3 Å². The molecule has 3 N–H and O–H groups in total. The minimum Gasteiger partial charge on any atom is -0.329 e. The number of rotatable bonds is 8. The molecular formula is C8H18F3N3O2S. The average Bonchev–Trinajstić information content (AvgIpc) is 2.20. The van der Waals surface area contributed by atoms with Crippen molar-refractivity contribution >= 4 is 10.2 Å². The normalized spacial score (nSPS) is 13.3.